The van der Waals surface area contributed by atoms with E-state index in [-0.39, 0.29) is 30.2 Å². The molecular formula is C17H24ClF2N3O. The lowest BCUT2D eigenvalue weighted by atomic mass is 10.1. The van der Waals surface area contributed by atoms with Gasteiger partial charge in [0.15, 0.2) is 0 Å². The van der Waals surface area contributed by atoms with Crippen LogP contribution in [0, 0.1) is 17.6 Å². The average Bonchev–Trinajstić information content (AvgIpc) is 3.35. The third-order valence-electron chi connectivity index (χ3n) is 4.64. The summed E-state index contributed by atoms with van der Waals surface area (Å²) < 4.78 is 26.9. The van der Waals surface area contributed by atoms with Gasteiger partial charge in [0.1, 0.15) is 11.6 Å². The number of carbonyl (C=O) groups excluding carboxylic acids is 1. The van der Waals surface area contributed by atoms with Gasteiger partial charge in [-0.05, 0) is 49.1 Å². The van der Waals surface area contributed by atoms with Crippen LogP contribution in [-0.4, -0.2) is 50.1 Å². The van der Waals surface area contributed by atoms with E-state index in [1.54, 1.807) is 0 Å². The summed E-state index contributed by atoms with van der Waals surface area (Å²) in [5.41, 5.74) is 0.325. The first-order valence-corrected chi connectivity index (χ1v) is 8.31. The number of nitrogens with zero attached hydrogens (tertiary/aromatic N) is 1. The number of amides is 1. The standard InChI is InChI=1S/C17H23F2N3O.ClH/c18-12-2-3-16(19)14(10-12)13-11-15(13)17(23)21-4-1-7-22-8-5-20-6-9-22;/h2-3,10,13,15,20H,1,4-9,11H2,(H,21,23);1H. The van der Waals surface area contributed by atoms with Gasteiger partial charge in [-0.1, -0.05) is 0 Å². The minimum atomic E-state index is -0.455. The predicted molar refractivity (Wildman–Crippen MR) is 91.4 cm³/mol. The summed E-state index contributed by atoms with van der Waals surface area (Å²) in [4.78, 5) is 14.5. The number of hydrogen-bond donors (Lipinski definition) is 2. The van der Waals surface area contributed by atoms with Crippen LogP contribution in [0.5, 0.6) is 0 Å². The molecule has 2 unspecified atom stereocenters. The molecule has 24 heavy (non-hydrogen) atoms. The summed E-state index contributed by atoms with van der Waals surface area (Å²) in [6.45, 7) is 5.77. The molecule has 1 aliphatic heterocycles. The van der Waals surface area contributed by atoms with Crippen LogP contribution in [-0.2, 0) is 4.79 Å². The van der Waals surface area contributed by atoms with Gasteiger partial charge in [-0.3, -0.25) is 4.79 Å². The molecule has 1 aromatic rings. The van der Waals surface area contributed by atoms with E-state index in [2.05, 4.69) is 15.5 Å². The van der Waals surface area contributed by atoms with E-state index in [4.69, 9.17) is 0 Å². The molecule has 1 heterocycles. The fraction of sp³-hybridized carbons (Fsp3) is 0.588. The van der Waals surface area contributed by atoms with Gasteiger partial charge in [0.2, 0.25) is 5.91 Å². The number of carbonyl (C=O) groups is 1. The molecule has 0 spiro atoms. The highest BCUT2D eigenvalue weighted by atomic mass is 35.5. The second-order valence-corrected chi connectivity index (χ2v) is 6.35. The maximum absolute atomic E-state index is 13.7. The number of halogens is 3. The number of piperazine rings is 1. The molecule has 7 heteroatoms. The first-order chi connectivity index (χ1) is 11.1. The third kappa shape index (κ3) is 4.88. The summed E-state index contributed by atoms with van der Waals surface area (Å²) in [7, 11) is 0. The van der Waals surface area contributed by atoms with Crippen LogP contribution in [0.3, 0.4) is 0 Å². The Morgan fingerprint density at radius 1 is 1.29 bits per heavy atom. The van der Waals surface area contributed by atoms with Crippen molar-refractivity contribution in [2.75, 3.05) is 39.3 Å². The summed E-state index contributed by atoms with van der Waals surface area (Å²) >= 11 is 0. The SMILES string of the molecule is Cl.O=C(NCCCN1CCNCC1)C1CC1c1cc(F)ccc1F. The Kier molecular flexibility index (Phi) is 6.95. The van der Waals surface area contributed by atoms with Crippen LogP contribution in [0.4, 0.5) is 8.78 Å². The largest absolute Gasteiger partial charge is 0.356 e. The Morgan fingerprint density at radius 3 is 2.79 bits per heavy atom. The van der Waals surface area contributed by atoms with E-state index in [0.717, 1.165) is 51.3 Å². The Balaban J connectivity index is 0.00000208. The monoisotopic (exact) mass is 359 g/mol. The molecule has 2 aliphatic rings. The van der Waals surface area contributed by atoms with Gasteiger partial charge >= 0.3 is 0 Å². The minimum Gasteiger partial charge on any atom is -0.356 e. The Hall–Kier alpha value is -1.24. The molecule has 1 aliphatic carbocycles. The highest BCUT2D eigenvalue weighted by Gasteiger charge is 2.45. The molecule has 1 aromatic carbocycles. The number of rotatable bonds is 6. The predicted octanol–water partition coefficient (Wildman–Crippen LogP) is 1.90. The molecule has 3 rings (SSSR count). The lowest BCUT2D eigenvalue weighted by Gasteiger charge is -2.27. The molecule has 1 saturated heterocycles. The van der Waals surface area contributed by atoms with Crippen molar-refractivity contribution in [3.63, 3.8) is 0 Å². The first kappa shape index (κ1) is 19.1. The van der Waals surface area contributed by atoms with E-state index >= 15 is 0 Å². The van der Waals surface area contributed by atoms with Crippen LogP contribution in [0.15, 0.2) is 18.2 Å². The van der Waals surface area contributed by atoms with E-state index < -0.39 is 11.6 Å². The molecule has 0 radical (unpaired) electrons. The van der Waals surface area contributed by atoms with E-state index in [0.29, 0.717) is 18.5 Å². The molecule has 4 nitrogen and oxygen atoms in total. The number of nitrogens with one attached hydrogen (secondary N) is 2. The lowest BCUT2D eigenvalue weighted by Crippen LogP contribution is -2.44. The van der Waals surface area contributed by atoms with Crippen molar-refractivity contribution >= 4 is 18.3 Å². The summed E-state index contributed by atoms with van der Waals surface area (Å²) in [6, 6.07) is 3.44. The summed E-state index contributed by atoms with van der Waals surface area (Å²) in [5, 5.41) is 6.23. The average molecular weight is 360 g/mol. The molecule has 2 fully saturated rings. The van der Waals surface area contributed by atoms with Crippen molar-refractivity contribution in [1.29, 1.82) is 0 Å². The Morgan fingerprint density at radius 2 is 2.04 bits per heavy atom. The fourth-order valence-corrected chi connectivity index (χ4v) is 3.21. The quantitative estimate of drug-likeness (QED) is 0.762. The Bertz CT molecular complexity index is 567. The van der Waals surface area contributed by atoms with Gasteiger partial charge in [-0.2, -0.15) is 0 Å². The summed E-state index contributed by atoms with van der Waals surface area (Å²) in [6.07, 6.45) is 1.52. The van der Waals surface area contributed by atoms with Gasteiger partial charge in [0.05, 0.1) is 0 Å². The van der Waals surface area contributed by atoms with Crippen LogP contribution < -0.4 is 10.6 Å². The van der Waals surface area contributed by atoms with E-state index in [1.807, 2.05) is 0 Å². The normalized spacial score (nSPS) is 23.4. The smallest absolute Gasteiger partial charge is 0.223 e. The zero-order valence-corrected chi connectivity index (χ0v) is 14.4. The van der Waals surface area contributed by atoms with Crippen LogP contribution >= 0.6 is 12.4 Å². The van der Waals surface area contributed by atoms with Crippen molar-refractivity contribution in [2.45, 2.75) is 18.8 Å². The van der Waals surface area contributed by atoms with Crippen molar-refractivity contribution in [3.05, 3.63) is 35.4 Å². The highest BCUT2D eigenvalue weighted by molar-refractivity contribution is 5.85. The Labute approximate surface area is 147 Å². The molecular weight excluding hydrogens is 336 g/mol. The van der Waals surface area contributed by atoms with Crippen LogP contribution in [0.25, 0.3) is 0 Å². The highest BCUT2D eigenvalue weighted by Crippen LogP contribution is 2.48. The summed E-state index contributed by atoms with van der Waals surface area (Å²) in [5.74, 6) is -1.32. The lowest BCUT2D eigenvalue weighted by molar-refractivity contribution is -0.122. The zero-order valence-electron chi connectivity index (χ0n) is 13.6. The van der Waals surface area contributed by atoms with Crippen LogP contribution in [0.1, 0.15) is 24.3 Å². The molecule has 2 atom stereocenters. The molecule has 2 N–H and O–H groups in total. The van der Waals surface area contributed by atoms with E-state index in [1.165, 1.54) is 6.07 Å². The number of benzene rings is 1. The zero-order chi connectivity index (χ0) is 16.2. The van der Waals surface area contributed by atoms with Gasteiger partial charge in [0, 0.05) is 38.6 Å². The fourth-order valence-electron chi connectivity index (χ4n) is 3.21. The van der Waals surface area contributed by atoms with Crippen molar-refractivity contribution < 1.29 is 13.6 Å². The molecule has 1 saturated carbocycles. The molecule has 134 valence electrons. The van der Waals surface area contributed by atoms with Gasteiger partial charge in [-0.15, -0.1) is 12.4 Å². The van der Waals surface area contributed by atoms with Crippen molar-refractivity contribution in [2.24, 2.45) is 5.92 Å². The van der Waals surface area contributed by atoms with Gasteiger partial charge in [-0.25, -0.2) is 8.78 Å². The van der Waals surface area contributed by atoms with Crippen molar-refractivity contribution in [3.8, 4) is 0 Å². The number of hydrogen-bond acceptors (Lipinski definition) is 3. The second-order valence-electron chi connectivity index (χ2n) is 6.35. The van der Waals surface area contributed by atoms with Crippen LogP contribution in [0.2, 0.25) is 0 Å². The topological polar surface area (TPSA) is 44.4 Å². The van der Waals surface area contributed by atoms with Gasteiger partial charge in [0.25, 0.3) is 0 Å². The minimum absolute atomic E-state index is 0. The second kappa shape index (κ2) is 8.74. The first-order valence-electron chi connectivity index (χ1n) is 8.31. The van der Waals surface area contributed by atoms with Gasteiger partial charge < -0.3 is 15.5 Å². The maximum Gasteiger partial charge on any atom is 0.223 e. The maximum atomic E-state index is 13.7. The van der Waals surface area contributed by atoms with E-state index in [9.17, 15) is 13.6 Å². The molecule has 0 bridgehead atoms. The third-order valence-corrected chi connectivity index (χ3v) is 4.64. The molecule has 1 amide bonds. The van der Waals surface area contributed by atoms with Crippen molar-refractivity contribution in [1.82, 2.24) is 15.5 Å². The molecule has 0 aromatic heterocycles.